The molecular formula is C11H18N4. The Hall–Kier alpha value is -1.00. The van der Waals surface area contributed by atoms with Crippen LogP contribution in [0.2, 0.25) is 0 Å². The summed E-state index contributed by atoms with van der Waals surface area (Å²) in [6, 6.07) is 1.85. The van der Waals surface area contributed by atoms with Crippen molar-refractivity contribution in [1.82, 2.24) is 14.9 Å². The molecule has 15 heavy (non-hydrogen) atoms. The van der Waals surface area contributed by atoms with Crippen LogP contribution in [-0.4, -0.2) is 34.5 Å². The molecule has 0 radical (unpaired) electrons. The Morgan fingerprint density at radius 2 is 1.93 bits per heavy atom. The van der Waals surface area contributed by atoms with Gasteiger partial charge in [0.25, 0.3) is 0 Å². The summed E-state index contributed by atoms with van der Waals surface area (Å²) in [4.78, 5) is 10.9. The molecule has 82 valence electrons. The molecular weight excluding hydrogens is 188 g/mol. The molecule has 4 nitrogen and oxygen atoms in total. The smallest absolute Gasteiger partial charge is 0.142 e. The zero-order chi connectivity index (χ0) is 10.5. The van der Waals surface area contributed by atoms with Crippen LogP contribution in [0, 0.1) is 5.92 Å². The Kier molecular flexibility index (Phi) is 3.64. The maximum atomic E-state index is 5.66. The van der Waals surface area contributed by atoms with Crippen molar-refractivity contribution in [3.8, 4) is 0 Å². The van der Waals surface area contributed by atoms with Gasteiger partial charge in [-0.2, -0.15) is 0 Å². The van der Waals surface area contributed by atoms with Crippen LogP contribution < -0.4 is 5.73 Å². The highest BCUT2D eigenvalue weighted by atomic mass is 15.1. The first-order valence-electron chi connectivity index (χ1n) is 5.57. The van der Waals surface area contributed by atoms with Crippen molar-refractivity contribution in [1.29, 1.82) is 0 Å². The number of rotatable bonds is 3. The Bertz CT molecular complexity index is 280. The molecule has 1 aromatic heterocycles. The average molecular weight is 206 g/mol. The molecule has 0 unspecified atom stereocenters. The highest BCUT2D eigenvalue weighted by Crippen LogP contribution is 2.16. The van der Waals surface area contributed by atoms with Crippen LogP contribution in [0.15, 0.2) is 18.5 Å². The lowest BCUT2D eigenvalue weighted by Gasteiger charge is -2.30. The van der Waals surface area contributed by atoms with Crippen LogP contribution in [-0.2, 0) is 6.54 Å². The molecule has 0 aromatic carbocycles. The maximum absolute atomic E-state index is 5.66. The lowest BCUT2D eigenvalue weighted by Crippen LogP contribution is -2.35. The van der Waals surface area contributed by atoms with Crippen LogP contribution in [0.1, 0.15) is 18.7 Å². The average Bonchev–Trinajstić information content (AvgIpc) is 2.31. The highest BCUT2D eigenvalue weighted by molar-refractivity contribution is 4.89. The van der Waals surface area contributed by atoms with E-state index in [0.717, 1.165) is 37.9 Å². The van der Waals surface area contributed by atoms with Crippen molar-refractivity contribution in [2.45, 2.75) is 19.4 Å². The summed E-state index contributed by atoms with van der Waals surface area (Å²) in [7, 11) is 0. The standard InChI is InChI=1S/C11H18N4/c12-8-10-2-6-15(7-3-10)9-11-13-4-1-5-14-11/h1,4-5,10H,2-3,6-9,12H2. The third-order valence-corrected chi connectivity index (χ3v) is 3.02. The van der Waals surface area contributed by atoms with Gasteiger partial charge in [-0.05, 0) is 44.5 Å². The predicted molar refractivity (Wildman–Crippen MR) is 59.1 cm³/mol. The van der Waals surface area contributed by atoms with E-state index in [4.69, 9.17) is 5.73 Å². The van der Waals surface area contributed by atoms with Crippen LogP contribution in [0.3, 0.4) is 0 Å². The van der Waals surface area contributed by atoms with E-state index < -0.39 is 0 Å². The molecule has 0 spiro atoms. The van der Waals surface area contributed by atoms with Crippen molar-refractivity contribution in [2.75, 3.05) is 19.6 Å². The fraction of sp³-hybridized carbons (Fsp3) is 0.636. The highest BCUT2D eigenvalue weighted by Gasteiger charge is 2.18. The Labute approximate surface area is 90.5 Å². The lowest BCUT2D eigenvalue weighted by molar-refractivity contribution is 0.177. The molecule has 1 aliphatic rings. The van der Waals surface area contributed by atoms with Crippen molar-refractivity contribution in [3.05, 3.63) is 24.3 Å². The number of aromatic nitrogens is 2. The van der Waals surface area contributed by atoms with Gasteiger partial charge in [0.15, 0.2) is 0 Å². The Morgan fingerprint density at radius 3 is 2.53 bits per heavy atom. The summed E-state index contributed by atoms with van der Waals surface area (Å²) in [5, 5.41) is 0. The maximum Gasteiger partial charge on any atom is 0.142 e. The first-order chi connectivity index (χ1) is 7.38. The van der Waals surface area contributed by atoms with Crippen LogP contribution >= 0.6 is 0 Å². The minimum Gasteiger partial charge on any atom is -0.330 e. The third-order valence-electron chi connectivity index (χ3n) is 3.02. The zero-order valence-corrected chi connectivity index (χ0v) is 8.97. The Morgan fingerprint density at radius 1 is 1.27 bits per heavy atom. The number of hydrogen-bond acceptors (Lipinski definition) is 4. The Balaban J connectivity index is 1.82. The van der Waals surface area contributed by atoms with E-state index in [-0.39, 0.29) is 0 Å². The van der Waals surface area contributed by atoms with Gasteiger partial charge in [-0.1, -0.05) is 0 Å². The van der Waals surface area contributed by atoms with E-state index in [1.807, 2.05) is 6.07 Å². The number of nitrogens with two attached hydrogens (primary N) is 1. The first-order valence-corrected chi connectivity index (χ1v) is 5.57. The van der Waals surface area contributed by atoms with Gasteiger partial charge >= 0.3 is 0 Å². The summed E-state index contributed by atoms with van der Waals surface area (Å²) < 4.78 is 0. The molecule has 0 amide bonds. The quantitative estimate of drug-likeness (QED) is 0.789. The van der Waals surface area contributed by atoms with E-state index in [0.29, 0.717) is 0 Å². The van der Waals surface area contributed by atoms with E-state index >= 15 is 0 Å². The van der Waals surface area contributed by atoms with E-state index in [2.05, 4.69) is 14.9 Å². The van der Waals surface area contributed by atoms with Gasteiger partial charge in [0.1, 0.15) is 5.82 Å². The van der Waals surface area contributed by atoms with Crippen molar-refractivity contribution in [2.24, 2.45) is 11.7 Å². The molecule has 1 saturated heterocycles. The van der Waals surface area contributed by atoms with Crippen molar-refractivity contribution >= 4 is 0 Å². The topological polar surface area (TPSA) is 55.0 Å². The van der Waals surface area contributed by atoms with Gasteiger partial charge < -0.3 is 5.73 Å². The van der Waals surface area contributed by atoms with Gasteiger partial charge in [-0.15, -0.1) is 0 Å². The van der Waals surface area contributed by atoms with Gasteiger partial charge in [0, 0.05) is 12.4 Å². The third kappa shape index (κ3) is 2.97. The number of piperidine rings is 1. The molecule has 0 atom stereocenters. The lowest BCUT2D eigenvalue weighted by atomic mass is 9.97. The molecule has 4 heteroatoms. The molecule has 2 heterocycles. The summed E-state index contributed by atoms with van der Waals surface area (Å²) in [6.07, 6.45) is 6.02. The number of hydrogen-bond donors (Lipinski definition) is 1. The largest absolute Gasteiger partial charge is 0.330 e. The number of nitrogens with zero attached hydrogens (tertiary/aromatic N) is 3. The first kappa shape index (κ1) is 10.5. The fourth-order valence-corrected chi connectivity index (χ4v) is 1.99. The van der Waals surface area contributed by atoms with Gasteiger partial charge in [-0.25, -0.2) is 9.97 Å². The van der Waals surface area contributed by atoms with E-state index in [9.17, 15) is 0 Å². The summed E-state index contributed by atoms with van der Waals surface area (Å²) in [6.45, 7) is 3.95. The zero-order valence-electron chi connectivity index (χ0n) is 8.97. The summed E-state index contributed by atoms with van der Waals surface area (Å²) in [5.74, 6) is 1.64. The monoisotopic (exact) mass is 206 g/mol. The van der Waals surface area contributed by atoms with Gasteiger partial charge in [0.2, 0.25) is 0 Å². The molecule has 2 N–H and O–H groups in total. The normalized spacial score (nSPS) is 19.3. The molecule has 1 fully saturated rings. The molecule has 0 aliphatic carbocycles. The molecule has 2 rings (SSSR count). The summed E-state index contributed by atoms with van der Waals surface area (Å²) >= 11 is 0. The molecule has 0 bridgehead atoms. The molecule has 0 saturated carbocycles. The van der Waals surface area contributed by atoms with Crippen LogP contribution in [0.25, 0.3) is 0 Å². The van der Waals surface area contributed by atoms with Crippen molar-refractivity contribution < 1.29 is 0 Å². The van der Waals surface area contributed by atoms with E-state index in [1.54, 1.807) is 12.4 Å². The second-order valence-electron chi connectivity index (χ2n) is 4.12. The van der Waals surface area contributed by atoms with Gasteiger partial charge in [-0.3, -0.25) is 4.90 Å². The van der Waals surface area contributed by atoms with Crippen molar-refractivity contribution in [3.63, 3.8) is 0 Å². The van der Waals surface area contributed by atoms with Crippen LogP contribution in [0.5, 0.6) is 0 Å². The van der Waals surface area contributed by atoms with Crippen LogP contribution in [0.4, 0.5) is 0 Å². The van der Waals surface area contributed by atoms with E-state index in [1.165, 1.54) is 12.8 Å². The minimum atomic E-state index is 0.720. The van der Waals surface area contributed by atoms with Gasteiger partial charge in [0.05, 0.1) is 6.54 Å². The second kappa shape index (κ2) is 5.19. The fourth-order valence-electron chi connectivity index (χ4n) is 1.99. The molecule has 1 aliphatic heterocycles. The second-order valence-corrected chi connectivity index (χ2v) is 4.12. The summed E-state index contributed by atoms with van der Waals surface area (Å²) in [5.41, 5.74) is 5.66. The minimum absolute atomic E-state index is 0.720. The molecule has 1 aromatic rings. The predicted octanol–water partition coefficient (Wildman–Crippen LogP) is 0.647. The number of likely N-dealkylation sites (tertiary alicyclic amines) is 1. The SMILES string of the molecule is NCC1CCN(Cc2ncccn2)CC1.